The minimum absolute atomic E-state index is 0.183. The maximum Gasteiger partial charge on any atom is 0.233 e. The minimum atomic E-state index is 0.183. The zero-order chi connectivity index (χ0) is 17.4. The number of piperidine rings is 1. The summed E-state index contributed by atoms with van der Waals surface area (Å²) in [5, 5.41) is 1.66. The van der Waals surface area contributed by atoms with Crippen LogP contribution >= 0.6 is 23.1 Å². The number of nitrogen functional groups attached to an aromatic ring is 1. The van der Waals surface area contributed by atoms with Crippen LogP contribution in [0.3, 0.4) is 0 Å². The van der Waals surface area contributed by atoms with E-state index in [1.807, 2.05) is 4.90 Å². The van der Waals surface area contributed by atoms with Gasteiger partial charge in [0.15, 0.2) is 5.16 Å². The molecule has 2 aliphatic rings. The second-order valence-electron chi connectivity index (χ2n) is 6.94. The Labute approximate surface area is 155 Å². The summed E-state index contributed by atoms with van der Waals surface area (Å²) in [7, 11) is 2.22. The van der Waals surface area contributed by atoms with Crippen LogP contribution in [0.1, 0.15) is 29.7 Å². The molecule has 1 fully saturated rings. The average Bonchev–Trinajstić information content (AvgIpc) is 2.98. The fraction of sp³-hybridized carbons (Fsp3) is 0.588. The van der Waals surface area contributed by atoms with Crippen LogP contribution in [0.2, 0.25) is 0 Å². The summed E-state index contributed by atoms with van der Waals surface area (Å²) in [4.78, 5) is 27.3. The molecule has 0 bridgehead atoms. The number of hydrogen-bond acceptors (Lipinski definition) is 6. The summed E-state index contributed by atoms with van der Waals surface area (Å²) in [6.07, 6.45) is 4.49. The number of carbonyl (C=O) groups is 1. The van der Waals surface area contributed by atoms with E-state index < -0.39 is 0 Å². The topological polar surface area (TPSA) is 76.6 Å². The molecule has 4 rings (SSSR count). The van der Waals surface area contributed by atoms with Gasteiger partial charge in [-0.15, -0.1) is 11.3 Å². The minimum Gasteiger partial charge on any atom is -0.383 e. The second-order valence-corrected chi connectivity index (χ2v) is 8.97. The molecule has 1 saturated heterocycles. The van der Waals surface area contributed by atoms with Crippen molar-refractivity contribution in [3.05, 3.63) is 10.4 Å². The van der Waals surface area contributed by atoms with Gasteiger partial charge in [0.25, 0.3) is 0 Å². The van der Waals surface area contributed by atoms with Crippen LogP contribution in [-0.4, -0.2) is 53.2 Å². The third-order valence-corrected chi connectivity index (χ3v) is 7.00. The first kappa shape index (κ1) is 17.1. The number of thioether (sulfide) groups is 1. The number of thiophene rings is 1. The molecule has 1 amide bonds. The van der Waals surface area contributed by atoms with E-state index in [9.17, 15) is 4.79 Å². The molecule has 0 aromatic carbocycles. The third-order valence-electron chi connectivity index (χ3n) is 5.04. The lowest BCUT2D eigenvalue weighted by atomic mass is 10.1. The van der Waals surface area contributed by atoms with Gasteiger partial charge in [0.2, 0.25) is 5.91 Å². The molecule has 0 spiro atoms. The van der Waals surface area contributed by atoms with Gasteiger partial charge in [-0.25, -0.2) is 9.97 Å². The quantitative estimate of drug-likeness (QED) is 0.614. The largest absolute Gasteiger partial charge is 0.383 e. The highest BCUT2D eigenvalue weighted by molar-refractivity contribution is 7.99. The number of anilines is 1. The van der Waals surface area contributed by atoms with Crippen molar-refractivity contribution < 1.29 is 9.69 Å². The van der Waals surface area contributed by atoms with Gasteiger partial charge in [0, 0.05) is 19.5 Å². The van der Waals surface area contributed by atoms with Gasteiger partial charge in [-0.05, 0) is 24.8 Å². The molecule has 2 aromatic rings. The Kier molecular flexibility index (Phi) is 4.84. The van der Waals surface area contributed by atoms with Crippen LogP contribution in [0, 0.1) is 0 Å². The normalized spacial score (nSPS) is 20.7. The number of nitrogens with zero attached hydrogens (tertiary/aromatic N) is 3. The molecule has 1 atom stereocenters. The number of nitrogens with one attached hydrogen (secondary N) is 1. The van der Waals surface area contributed by atoms with E-state index in [4.69, 9.17) is 10.7 Å². The Morgan fingerprint density at radius 1 is 1.32 bits per heavy atom. The Morgan fingerprint density at radius 2 is 2.12 bits per heavy atom. The van der Waals surface area contributed by atoms with E-state index in [1.165, 1.54) is 33.5 Å². The van der Waals surface area contributed by atoms with Gasteiger partial charge in [-0.3, -0.25) is 4.79 Å². The number of rotatable bonds is 3. The third kappa shape index (κ3) is 3.47. The molecule has 4 heterocycles. The first-order valence-electron chi connectivity index (χ1n) is 8.91. The van der Waals surface area contributed by atoms with Gasteiger partial charge in [0.05, 0.1) is 29.6 Å². The second kappa shape index (κ2) is 7.09. The highest BCUT2D eigenvalue weighted by Gasteiger charge is 2.25. The fourth-order valence-electron chi connectivity index (χ4n) is 3.65. The number of likely N-dealkylation sites (N-methyl/N-ethyl adjacent to an activating group) is 1. The van der Waals surface area contributed by atoms with Crippen LogP contribution in [0.15, 0.2) is 5.16 Å². The Morgan fingerprint density at radius 3 is 2.92 bits per heavy atom. The molecule has 2 aromatic heterocycles. The molecule has 0 saturated carbocycles. The molecule has 0 aliphatic carbocycles. The lowest BCUT2D eigenvalue weighted by molar-refractivity contribution is -0.895. The molecule has 0 radical (unpaired) electrons. The Hall–Kier alpha value is -1.38. The van der Waals surface area contributed by atoms with Crippen molar-refractivity contribution in [2.45, 2.75) is 37.4 Å². The number of carbonyl (C=O) groups excluding carboxylic acids is 1. The highest BCUT2D eigenvalue weighted by atomic mass is 32.2. The van der Waals surface area contributed by atoms with Crippen molar-refractivity contribution in [3.8, 4) is 0 Å². The Bertz CT molecular complexity index is 800. The maximum absolute atomic E-state index is 12.3. The summed E-state index contributed by atoms with van der Waals surface area (Å²) in [6.45, 7) is 3.93. The lowest BCUT2D eigenvalue weighted by Crippen LogP contribution is -3.08. The zero-order valence-electron chi connectivity index (χ0n) is 14.5. The highest BCUT2D eigenvalue weighted by Crippen LogP contribution is 2.35. The predicted molar refractivity (Wildman–Crippen MR) is 102 cm³/mol. The van der Waals surface area contributed by atoms with Crippen LogP contribution in [-0.2, 0) is 17.8 Å². The van der Waals surface area contributed by atoms with E-state index in [-0.39, 0.29) is 5.91 Å². The summed E-state index contributed by atoms with van der Waals surface area (Å²) in [5.41, 5.74) is 7.59. The molecule has 2 aliphatic heterocycles. The van der Waals surface area contributed by atoms with Crippen molar-refractivity contribution in [3.63, 3.8) is 0 Å². The van der Waals surface area contributed by atoms with E-state index in [0.717, 1.165) is 55.7 Å². The van der Waals surface area contributed by atoms with E-state index >= 15 is 0 Å². The number of amides is 1. The van der Waals surface area contributed by atoms with Crippen molar-refractivity contribution >= 4 is 45.0 Å². The van der Waals surface area contributed by atoms with Crippen LogP contribution in [0.5, 0.6) is 0 Å². The molecular formula is C17H24N5OS2+. The molecule has 8 heteroatoms. The number of nitrogens with two attached hydrogens (primary N) is 1. The zero-order valence-corrected chi connectivity index (χ0v) is 16.1. The number of fused-ring (bicyclic) bond motifs is 3. The van der Waals surface area contributed by atoms with Gasteiger partial charge >= 0.3 is 0 Å². The Balaban J connectivity index is 1.52. The molecule has 134 valence electrons. The van der Waals surface area contributed by atoms with Crippen molar-refractivity contribution in [2.24, 2.45) is 0 Å². The van der Waals surface area contributed by atoms with E-state index in [0.29, 0.717) is 16.7 Å². The van der Waals surface area contributed by atoms with Crippen molar-refractivity contribution in [2.75, 3.05) is 38.2 Å². The maximum atomic E-state index is 12.3. The van der Waals surface area contributed by atoms with Crippen molar-refractivity contribution in [1.29, 1.82) is 0 Å². The first-order chi connectivity index (χ1) is 12.1. The molecule has 6 nitrogen and oxygen atoms in total. The fourth-order valence-corrected chi connectivity index (χ4v) is 5.80. The van der Waals surface area contributed by atoms with Gasteiger partial charge in [-0.2, -0.15) is 0 Å². The average molecular weight is 379 g/mol. The van der Waals surface area contributed by atoms with Gasteiger partial charge in [-0.1, -0.05) is 11.8 Å². The number of hydrogen-bond donors (Lipinski definition) is 2. The van der Waals surface area contributed by atoms with Crippen molar-refractivity contribution in [1.82, 2.24) is 14.9 Å². The molecule has 25 heavy (non-hydrogen) atoms. The lowest BCUT2D eigenvalue weighted by Gasteiger charge is -2.26. The van der Waals surface area contributed by atoms with Gasteiger partial charge in [0.1, 0.15) is 17.2 Å². The molecular weight excluding hydrogens is 354 g/mol. The number of quaternary nitrogens is 1. The van der Waals surface area contributed by atoms with E-state index in [1.54, 1.807) is 11.3 Å². The predicted octanol–water partition coefficient (Wildman–Crippen LogP) is 0.949. The van der Waals surface area contributed by atoms with Gasteiger partial charge < -0.3 is 15.5 Å². The SMILES string of the molecule is C[NH+]1CCc2c(sc3nc(SCC(=O)N4CCCCC4)nc(N)c23)C1. The molecule has 3 N–H and O–H groups in total. The first-order valence-corrected chi connectivity index (χ1v) is 10.7. The van der Waals surface area contributed by atoms with Crippen LogP contribution in [0.4, 0.5) is 5.82 Å². The number of aromatic nitrogens is 2. The molecule has 1 unspecified atom stereocenters. The summed E-state index contributed by atoms with van der Waals surface area (Å²) < 4.78 is 0. The summed E-state index contributed by atoms with van der Waals surface area (Å²) in [5.74, 6) is 1.14. The summed E-state index contributed by atoms with van der Waals surface area (Å²) in [6, 6.07) is 0. The standard InChI is InChI=1S/C17H23N5OS2/c1-21-8-5-11-12(9-21)25-16-14(11)15(18)19-17(20-16)24-10-13(23)22-6-3-2-4-7-22/h2-10H2,1H3,(H2,18,19,20)/p+1. The summed E-state index contributed by atoms with van der Waals surface area (Å²) >= 11 is 3.14. The number of likely N-dealkylation sites (tertiary alicyclic amines) is 1. The monoisotopic (exact) mass is 378 g/mol. The van der Waals surface area contributed by atoms with E-state index in [2.05, 4.69) is 12.0 Å². The smallest absolute Gasteiger partial charge is 0.233 e. The van der Waals surface area contributed by atoms with Crippen LogP contribution in [0.25, 0.3) is 10.2 Å². The van der Waals surface area contributed by atoms with Crippen LogP contribution < -0.4 is 10.6 Å².